The molecule has 0 aromatic heterocycles. The fourth-order valence-electron chi connectivity index (χ4n) is 2.02. The molecule has 0 spiro atoms. The fourth-order valence-corrected chi connectivity index (χ4v) is 2.02. The Hall–Kier alpha value is -2.48. The number of hydrogen-bond acceptors (Lipinski definition) is 5. The number of amides is 2. The fraction of sp³-hybridized carbons (Fsp3) is 0.429. The number of rotatable bonds is 7. The molecule has 3 N–H and O–H groups in total. The van der Waals surface area contributed by atoms with Crippen LogP contribution in [-0.4, -0.2) is 56.1 Å². The van der Waals surface area contributed by atoms with Crippen LogP contribution in [0.5, 0.6) is 0 Å². The summed E-state index contributed by atoms with van der Waals surface area (Å²) < 4.78 is 0. The highest BCUT2D eigenvalue weighted by Gasteiger charge is 2.44. The Bertz CT molecular complexity index is 562. The van der Waals surface area contributed by atoms with Crippen molar-refractivity contribution in [1.29, 1.82) is 0 Å². The van der Waals surface area contributed by atoms with Gasteiger partial charge in [-0.05, 0) is 19.8 Å². The smallest absolute Gasteiger partial charge is 0.326 e. The van der Waals surface area contributed by atoms with E-state index in [1.54, 1.807) is 0 Å². The van der Waals surface area contributed by atoms with Crippen molar-refractivity contribution in [2.24, 2.45) is 0 Å². The van der Waals surface area contributed by atoms with Crippen LogP contribution in [0.1, 0.15) is 26.2 Å². The van der Waals surface area contributed by atoms with E-state index in [0.717, 1.165) is 0 Å². The highest BCUT2D eigenvalue weighted by atomic mass is 16.4. The molecule has 0 radical (unpaired) electrons. The number of imide groups is 1. The van der Waals surface area contributed by atoms with Crippen LogP contribution >= 0.6 is 0 Å². The summed E-state index contributed by atoms with van der Waals surface area (Å²) in [6.45, 7) is 4.95. The molecule has 0 aromatic carbocycles. The first kappa shape index (κ1) is 17.6. The van der Waals surface area contributed by atoms with E-state index in [4.69, 9.17) is 10.2 Å². The van der Waals surface area contributed by atoms with Gasteiger partial charge in [-0.2, -0.15) is 0 Å². The number of aliphatic hydroxyl groups is 1. The van der Waals surface area contributed by atoms with Gasteiger partial charge in [0.1, 0.15) is 6.04 Å². The van der Waals surface area contributed by atoms with Gasteiger partial charge in [0.2, 0.25) is 0 Å². The minimum atomic E-state index is -1.56. The van der Waals surface area contributed by atoms with Gasteiger partial charge < -0.3 is 15.3 Å². The number of hydrogen-bond donors (Lipinski definition) is 3. The van der Waals surface area contributed by atoms with Gasteiger partial charge in [-0.3, -0.25) is 19.3 Å². The third kappa shape index (κ3) is 3.79. The monoisotopic (exact) mass is 311 g/mol. The second-order valence-corrected chi connectivity index (χ2v) is 4.95. The molecule has 0 aliphatic carbocycles. The van der Waals surface area contributed by atoms with Crippen LogP contribution in [-0.2, 0) is 19.2 Å². The van der Waals surface area contributed by atoms with Crippen molar-refractivity contribution in [2.75, 3.05) is 0 Å². The zero-order valence-corrected chi connectivity index (χ0v) is 12.0. The van der Waals surface area contributed by atoms with E-state index in [9.17, 15) is 24.3 Å². The lowest BCUT2D eigenvalue weighted by molar-refractivity contribution is -0.154. The SMILES string of the molecule is C=C1C(=O)N(C(CCC(=O)O)C(=O)O)C(=O)/C1=C/CC(C)O. The molecular formula is C14H17NO7. The lowest BCUT2D eigenvalue weighted by Gasteiger charge is -2.21. The van der Waals surface area contributed by atoms with E-state index in [1.165, 1.54) is 13.0 Å². The number of likely N-dealkylation sites (tertiary alicyclic amines) is 1. The molecule has 1 saturated heterocycles. The van der Waals surface area contributed by atoms with Crippen molar-refractivity contribution in [1.82, 2.24) is 4.90 Å². The number of aliphatic carboxylic acids is 2. The molecule has 1 fully saturated rings. The Balaban J connectivity index is 3.07. The van der Waals surface area contributed by atoms with Gasteiger partial charge in [0.05, 0.1) is 6.10 Å². The molecule has 2 unspecified atom stereocenters. The Morgan fingerprint density at radius 3 is 2.32 bits per heavy atom. The average molecular weight is 311 g/mol. The maximum absolute atomic E-state index is 12.2. The number of aliphatic hydroxyl groups excluding tert-OH is 1. The molecule has 8 nitrogen and oxygen atoms in total. The highest BCUT2D eigenvalue weighted by molar-refractivity contribution is 6.25. The summed E-state index contributed by atoms with van der Waals surface area (Å²) in [5, 5.41) is 27.0. The molecule has 0 bridgehead atoms. The number of carbonyl (C=O) groups is 4. The van der Waals surface area contributed by atoms with E-state index in [1.807, 2.05) is 0 Å². The quantitative estimate of drug-likeness (QED) is 0.442. The standard InChI is InChI=1S/C14H17NO7/c1-7(16)3-4-9-8(2)12(19)15(13(9)20)10(14(21)22)5-6-11(17)18/h4,7,10,16H,2-3,5-6H2,1H3,(H,17,18)(H,21,22)/b9-4+. The first-order valence-corrected chi connectivity index (χ1v) is 6.56. The Morgan fingerprint density at radius 2 is 1.86 bits per heavy atom. The first-order valence-electron chi connectivity index (χ1n) is 6.56. The Labute approximate surface area is 126 Å². The van der Waals surface area contributed by atoms with Crippen LogP contribution in [0.3, 0.4) is 0 Å². The van der Waals surface area contributed by atoms with Crippen LogP contribution in [0.4, 0.5) is 0 Å². The third-order valence-electron chi connectivity index (χ3n) is 3.14. The lowest BCUT2D eigenvalue weighted by atomic mass is 10.1. The molecule has 1 heterocycles. The molecule has 0 aromatic rings. The summed E-state index contributed by atoms with van der Waals surface area (Å²) in [5.74, 6) is -4.39. The molecule has 0 saturated carbocycles. The van der Waals surface area contributed by atoms with Gasteiger partial charge in [0.25, 0.3) is 11.8 Å². The average Bonchev–Trinajstić information content (AvgIpc) is 2.60. The van der Waals surface area contributed by atoms with Crippen molar-refractivity contribution in [3.05, 3.63) is 23.8 Å². The number of nitrogens with zero attached hydrogens (tertiary/aromatic N) is 1. The van der Waals surface area contributed by atoms with Gasteiger partial charge in [-0.1, -0.05) is 12.7 Å². The summed E-state index contributed by atoms with van der Waals surface area (Å²) in [6.07, 6.45) is -0.191. The van der Waals surface area contributed by atoms with Crippen LogP contribution in [0.2, 0.25) is 0 Å². The number of carbonyl (C=O) groups excluding carboxylic acids is 2. The molecule has 1 aliphatic rings. The van der Waals surface area contributed by atoms with Crippen LogP contribution < -0.4 is 0 Å². The lowest BCUT2D eigenvalue weighted by Crippen LogP contribution is -2.45. The summed E-state index contributed by atoms with van der Waals surface area (Å²) in [6, 6.07) is -1.56. The predicted molar refractivity (Wildman–Crippen MR) is 73.7 cm³/mol. The van der Waals surface area contributed by atoms with Gasteiger partial charge >= 0.3 is 11.9 Å². The van der Waals surface area contributed by atoms with E-state index in [0.29, 0.717) is 4.90 Å². The molecule has 1 aliphatic heterocycles. The summed E-state index contributed by atoms with van der Waals surface area (Å²) in [7, 11) is 0. The minimum Gasteiger partial charge on any atom is -0.481 e. The van der Waals surface area contributed by atoms with Crippen molar-refractivity contribution >= 4 is 23.8 Å². The molecule has 2 amide bonds. The maximum Gasteiger partial charge on any atom is 0.326 e. The second-order valence-electron chi connectivity index (χ2n) is 4.95. The van der Waals surface area contributed by atoms with E-state index < -0.39 is 42.3 Å². The maximum atomic E-state index is 12.2. The van der Waals surface area contributed by atoms with Crippen molar-refractivity contribution in [3.63, 3.8) is 0 Å². The van der Waals surface area contributed by atoms with Crippen LogP contribution in [0.25, 0.3) is 0 Å². The van der Waals surface area contributed by atoms with Gasteiger partial charge in [0, 0.05) is 17.6 Å². The van der Waals surface area contributed by atoms with Gasteiger partial charge in [0.15, 0.2) is 0 Å². The Kier molecular flexibility index (Phi) is 5.58. The van der Waals surface area contributed by atoms with Crippen molar-refractivity contribution in [3.8, 4) is 0 Å². The topological polar surface area (TPSA) is 132 Å². The normalized spacial score (nSPS) is 19.6. The molecule has 1 rings (SSSR count). The summed E-state index contributed by atoms with van der Waals surface area (Å²) in [4.78, 5) is 46.6. The van der Waals surface area contributed by atoms with Crippen LogP contribution in [0.15, 0.2) is 23.8 Å². The molecule has 120 valence electrons. The first-order chi connectivity index (χ1) is 10.2. The zero-order valence-electron chi connectivity index (χ0n) is 12.0. The molecule has 8 heteroatoms. The molecule has 22 heavy (non-hydrogen) atoms. The number of carboxylic acids is 2. The molecular weight excluding hydrogens is 294 g/mol. The summed E-state index contributed by atoms with van der Waals surface area (Å²) in [5.41, 5.74) is -0.222. The van der Waals surface area contributed by atoms with E-state index >= 15 is 0 Å². The van der Waals surface area contributed by atoms with Crippen molar-refractivity contribution < 1.29 is 34.5 Å². The number of carboxylic acid groups (broad SMARTS) is 2. The van der Waals surface area contributed by atoms with Gasteiger partial charge in [-0.15, -0.1) is 0 Å². The van der Waals surface area contributed by atoms with Crippen LogP contribution in [0, 0.1) is 0 Å². The van der Waals surface area contributed by atoms with E-state index in [2.05, 4.69) is 6.58 Å². The van der Waals surface area contributed by atoms with E-state index in [-0.39, 0.29) is 24.0 Å². The largest absolute Gasteiger partial charge is 0.481 e. The Morgan fingerprint density at radius 1 is 1.27 bits per heavy atom. The summed E-state index contributed by atoms with van der Waals surface area (Å²) >= 11 is 0. The zero-order chi connectivity index (χ0) is 17.0. The predicted octanol–water partition coefficient (Wildman–Crippen LogP) is -0.0733. The molecule has 2 atom stereocenters. The van der Waals surface area contributed by atoms with Crippen molar-refractivity contribution in [2.45, 2.75) is 38.3 Å². The third-order valence-corrected chi connectivity index (χ3v) is 3.14. The highest BCUT2D eigenvalue weighted by Crippen LogP contribution is 2.27. The second kappa shape index (κ2) is 6.99. The van der Waals surface area contributed by atoms with Gasteiger partial charge in [-0.25, -0.2) is 4.79 Å². The minimum absolute atomic E-state index is 0.0625.